The van der Waals surface area contributed by atoms with Crippen LogP contribution in [-0.4, -0.2) is 33.7 Å². The van der Waals surface area contributed by atoms with Gasteiger partial charge in [0.05, 0.1) is 17.8 Å². The fourth-order valence-corrected chi connectivity index (χ4v) is 3.68. The number of benzene rings is 1. The molecule has 0 bridgehead atoms. The minimum Gasteiger partial charge on any atom is -0.333 e. The van der Waals surface area contributed by atoms with Crippen molar-refractivity contribution in [1.82, 2.24) is 33.7 Å². The second kappa shape index (κ2) is 7.38. The third kappa shape index (κ3) is 3.21. The molecule has 160 valence electrons. The van der Waals surface area contributed by atoms with Crippen molar-refractivity contribution in [2.24, 2.45) is 0 Å². The lowest BCUT2D eigenvalue weighted by molar-refractivity contribution is 0.432. The first-order valence-corrected chi connectivity index (χ1v) is 10.1. The first-order valence-electron chi connectivity index (χ1n) is 10.1. The van der Waals surface area contributed by atoms with Gasteiger partial charge in [-0.1, -0.05) is 41.6 Å². The maximum atomic E-state index is 13.0. The number of fused-ring (bicyclic) bond motifs is 2. The van der Waals surface area contributed by atoms with Crippen LogP contribution in [0.3, 0.4) is 0 Å². The van der Waals surface area contributed by atoms with Crippen molar-refractivity contribution in [3.63, 3.8) is 0 Å². The Morgan fingerprint density at radius 1 is 0.848 bits per heavy atom. The Morgan fingerprint density at radius 2 is 1.67 bits per heavy atom. The van der Waals surface area contributed by atoms with Crippen LogP contribution in [0.4, 0.5) is 0 Å². The SMILES string of the molecule is O=c1cc(Cn2nc3c(-c4nc(-c5ccccc5)no4)cccn3c2=O)nc2ccccn12. The van der Waals surface area contributed by atoms with E-state index in [-0.39, 0.29) is 23.7 Å². The zero-order valence-corrected chi connectivity index (χ0v) is 17.1. The molecule has 6 rings (SSSR count). The molecule has 0 saturated carbocycles. The van der Waals surface area contributed by atoms with Crippen LogP contribution in [0.2, 0.25) is 0 Å². The summed E-state index contributed by atoms with van der Waals surface area (Å²) in [5.74, 6) is 0.689. The predicted octanol–water partition coefficient (Wildman–Crippen LogP) is 2.27. The van der Waals surface area contributed by atoms with Gasteiger partial charge in [-0.05, 0) is 24.3 Å². The van der Waals surface area contributed by atoms with Crippen LogP contribution in [0.15, 0.2) is 93.2 Å². The van der Waals surface area contributed by atoms with Crippen LogP contribution in [0.5, 0.6) is 0 Å². The largest absolute Gasteiger partial charge is 0.350 e. The van der Waals surface area contributed by atoms with E-state index in [2.05, 4.69) is 20.2 Å². The van der Waals surface area contributed by atoms with Crippen LogP contribution in [0.1, 0.15) is 5.69 Å². The summed E-state index contributed by atoms with van der Waals surface area (Å²) in [6, 6.07) is 19.6. The Balaban J connectivity index is 1.42. The van der Waals surface area contributed by atoms with Crippen LogP contribution in [-0.2, 0) is 6.54 Å². The molecule has 33 heavy (non-hydrogen) atoms. The summed E-state index contributed by atoms with van der Waals surface area (Å²) in [4.78, 5) is 34.3. The van der Waals surface area contributed by atoms with Gasteiger partial charge in [0.15, 0.2) is 5.65 Å². The van der Waals surface area contributed by atoms with Crippen molar-refractivity contribution in [3.8, 4) is 22.8 Å². The van der Waals surface area contributed by atoms with Crippen molar-refractivity contribution in [3.05, 3.63) is 106 Å². The van der Waals surface area contributed by atoms with Crippen molar-refractivity contribution in [1.29, 1.82) is 0 Å². The highest BCUT2D eigenvalue weighted by atomic mass is 16.5. The molecule has 0 saturated heterocycles. The van der Waals surface area contributed by atoms with Crippen LogP contribution < -0.4 is 11.2 Å². The third-order valence-electron chi connectivity index (χ3n) is 5.23. The van der Waals surface area contributed by atoms with E-state index < -0.39 is 0 Å². The van der Waals surface area contributed by atoms with Crippen molar-refractivity contribution < 1.29 is 4.52 Å². The molecule has 5 heterocycles. The van der Waals surface area contributed by atoms with Gasteiger partial charge < -0.3 is 4.52 Å². The molecule has 0 spiro atoms. The number of hydrogen-bond donors (Lipinski definition) is 0. The van der Waals surface area contributed by atoms with Gasteiger partial charge in [-0.2, -0.15) is 4.98 Å². The van der Waals surface area contributed by atoms with E-state index in [0.717, 1.165) is 5.56 Å². The van der Waals surface area contributed by atoms with Gasteiger partial charge in [-0.15, -0.1) is 5.10 Å². The monoisotopic (exact) mass is 437 g/mol. The van der Waals surface area contributed by atoms with Gasteiger partial charge in [0.1, 0.15) is 5.65 Å². The second-order valence-electron chi connectivity index (χ2n) is 7.36. The van der Waals surface area contributed by atoms with E-state index in [1.807, 2.05) is 30.3 Å². The van der Waals surface area contributed by atoms with Crippen molar-refractivity contribution in [2.75, 3.05) is 0 Å². The van der Waals surface area contributed by atoms with Gasteiger partial charge in [0.25, 0.3) is 11.4 Å². The average molecular weight is 437 g/mol. The average Bonchev–Trinajstić information content (AvgIpc) is 3.45. The zero-order chi connectivity index (χ0) is 22.4. The summed E-state index contributed by atoms with van der Waals surface area (Å²) < 4.78 is 9.56. The van der Waals surface area contributed by atoms with Gasteiger partial charge in [-0.3, -0.25) is 9.20 Å². The standard InChI is InChI=1S/C23H15N7O3/c31-19-13-16(24-18-10-4-5-11-28(18)19)14-30-23(32)29-12-6-9-17(21(29)26-30)22-25-20(27-33-22)15-7-2-1-3-8-15/h1-13H,14H2. The van der Waals surface area contributed by atoms with E-state index in [0.29, 0.717) is 28.4 Å². The lowest BCUT2D eigenvalue weighted by Gasteiger charge is -2.03. The number of nitrogens with zero attached hydrogens (tertiary/aromatic N) is 7. The molecule has 0 atom stereocenters. The van der Waals surface area contributed by atoms with Gasteiger partial charge in [-0.25, -0.2) is 18.9 Å². The molecule has 6 aromatic rings. The molecular weight excluding hydrogens is 422 g/mol. The van der Waals surface area contributed by atoms with Crippen LogP contribution in [0, 0.1) is 0 Å². The summed E-state index contributed by atoms with van der Waals surface area (Å²) in [7, 11) is 0. The van der Waals surface area contributed by atoms with Crippen molar-refractivity contribution >= 4 is 11.3 Å². The van der Waals surface area contributed by atoms with E-state index in [9.17, 15) is 9.59 Å². The van der Waals surface area contributed by atoms with Crippen molar-refractivity contribution in [2.45, 2.75) is 6.54 Å². The third-order valence-corrected chi connectivity index (χ3v) is 5.23. The topological polar surface area (TPSA) is 113 Å². The van der Waals surface area contributed by atoms with E-state index in [4.69, 9.17) is 4.52 Å². The summed E-state index contributed by atoms with van der Waals surface area (Å²) in [6.07, 6.45) is 3.26. The van der Waals surface area contributed by atoms with Gasteiger partial charge in [0, 0.05) is 24.0 Å². The lowest BCUT2D eigenvalue weighted by atomic mass is 10.2. The second-order valence-corrected chi connectivity index (χ2v) is 7.36. The Labute approximate surface area is 185 Å². The summed E-state index contributed by atoms with van der Waals surface area (Å²) >= 11 is 0. The first kappa shape index (κ1) is 18.9. The molecule has 5 aromatic heterocycles. The lowest BCUT2D eigenvalue weighted by Crippen LogP contribution is -2.23. The first-order chi connectivity index (χ1) is 16.2. The molecule has 0 aliphatic rings. The molecule has 10 nitrogen and oxygen atoms in total. The zero-order valence-electron chi connectivity index (χ0n) is 17.1. The molecule has 0 aliphatic heterocycles. The molecule has 1 aromatic carbocycles. The maximum Gasteiger partial charge on any atom is 0.350 e. The Morgan fingerprint density at radius 3 is 2.55 bits per heavy atom. The number of aromatic nitrogens is 7. The highest BCUT2D eigenvalue weighted by molar-refractivity contribution is 5.72. The maximum absolute atomic E-state index is 13.0. The smallest absolute Gasteiger partial charge is 0.333 e. The summed E-state index contributed by atoms with van der Waals surface area (Å²) in [6.45, 7) is 0.0414. The van der Waals surface area contributed by atoms with Gasteiger partial charge in [0.2, 0.25) is 5.82 Å². The molecular formula is C23H15N7O3. The molecule has 0 radical (unpaired) electrons. The van der Waals surface area contributed by atoms with Gasteiger partial charge >= 0.3 is 5.69 Å². The molecule has 0 fully saturated rings. The molecule has 0 amide bonds. The van der Waals surface area contributed by atoms with Crippen LogP contribution >= 0.6 is 0 Å². The molecule has 0 N–H and O–H groups in total. The molecule has 10 heteroatoms. The quantitative estimate of drug-likeness (QED) is 0.416. The minimum absolute atomic E-state index is 0.0414. The Bertz CT molecular complexity index is 1750. The predicted molar refractivity (Wildman–Crippen MR) is 119 cm³/mol. The molecule has 0 aliphatic carbocycles. The number of hydrogen-bond acceptors (Lipinski definition) is 7. The fraction of sp³-hybridized carbons (Fsp3) is 0.0435. The number of rotatable bonds is 4. The van der Waals surface area contributed by atoms with E-state index >= 15 is 0 Å². The summed E-state index contributed by atoms with van der Waals surface area (Å²) in [5, 5.41) is 8.52. The minimum atomic E-state index is -0.371. The highest BCUT2D eigenvalue weighted by Gasteiger charge is 2.18. The van der Waals surface area contributed by atoms with E-state index in [1.54, 1.807) is 42.7 Å². The molecule has 0 unspecified atom stereocenters. The highest BCUT2D eigenvalue weighted by Crippen LogP contribution is 2.24. The fourth-order valence-electron chi connectivity index (χ4n) is 3.68. The number of pyridine rings is 2. The summed E-state index contributed by atoms with van der Waals surface area (Å²) in [5.41, 5.74) is 2.03. The Hall–Kier alpha value is -4.86. The van der Waals surface area contributed by atoms with E-state index in [1.165, 1.54) is 19.5 Å². The van der Waals surface area contributed by atoms with Crippen LogP contribution in [0.25, 0.3) is 34.1 Å². The Kier molecular flexibility index (Phi) is 4.22. The normalized spacial score (nSPS) is 11.4.